The molecule has 3 rings (SSSR count). The molecule has 0 aliphatic carbocycles. The van der Waals surface area contributed by atoms with E-state index < -0.39 is 11.4 Å². The van der Waals surface area contributed by atoms with Gasteiger partial charge in [-0.2, -0.15) is 0 Å². The molecule has 0 atom stereocenters. The van der Waals surface area contributed by atoms with Gasteiger partial charge in [-0.25, -0.2) is 4.98 Å². The number of benzene rings is 1. The van der Waals surface area contributed by atoms with E-state index in [9.17, 15) is 9.59 Å². The summed E-state index contributed by atoms with van der Waals surface area (Å²) in [4.78, 5) is 29.7. The van der Waals surface area contributed by atoms with Crippen molar-refractivity contribution in [3.8, 4) is 0 Å². The summed E-state index contributed by atoms with van der Waals surface area (Å²) in [6, 6.07) is 10.6. The van der Waals surface area contributed by atoms with E-state index in [1.165, 1.54) is 0 Å². The van der Waals surface area contributed by atoms with Crippen LogP contribution in [0.25, 0.3) is 5.52 Å². The maximum Gasteiger partial charge on any atom is 0.288 e. The van der Waals surface area contributed by atoms with E-state index in [-0.39, 0.29) is 17.4 Å². The Morgan fingerprint density at radius 3 is 2.52 bits per heavy atom. The number of hydrogen-bond acceptors (Lipinski definition) is 3. The molecule has 7 heteroatoms. The van der Waals surface area contributed by atoms with Gasteiger partial charge in [0.25, 0.3) is 11.8 Å². The number of amides is 2. The third-order valence-corrected chi connectivity index (χ3v) is 4.29. The van der Waals surface area contributed by atoms with Crippen LogP contribution in [0.2, 0.25) is 5.02 Å². The molecule has 2 N–H and O–H groups in total. The van der Waals surface area contributed by atoms with Gasteiger partial charge in [0.15, 0.2) is 5.69 Å². The minimum Gasteiger partial charge on any atom is -0.345 e. The van der Waals surface area contributed by atoms with Crippen LogP contribution >= 0.6 is 11.6 Å². The fourth-order valence-electron chi connectivity index (χ4n) is 2.62. The average molecular weight is 385 g/mol. The molecule has 0 fully saturated rings. The number of halogens is 1. The highest BCUT2D eigenvalue weighted by Crippen LogP contribution is 2.21. The molecular weight excluding hydrogens is 364 g/mol. The fraction of sp³-hybridized carbons (Fsp3) is 0.250. The number of nitrogens with one attached hydrogen (secondary N) is 2. The lowest BCUT2D eigenvalue weighted by atomic mass is 10.1. The normalized spacial score (nSPS) is 11.4. The van der Waals surface area contributed by atoms with Crippen molar-refractivity contribution >= 4 is 34.6 Å². The Morgan fingerprint density at radius 2 is 1.85 bits per heavy atom. The molecule has 6 nitrogen and oxygen atoms in total. The minimum absolute atomic E-state index is 0.160. The second-order valence-electron chi connectivity index (χ2n) is 7.36. The van der Waals surface area contributed by atoms with Gasteiger partial charge in [0.05, 0.1) is 5.52 Å². The largest absolute Gasteiger partial charge is 0.345 e. The number of aryl methyl sites for hydroxylation is 1. The minimum atomic E-state index is -0.418. The van der Waals surface area contributed by atoms with Crippen molar-refractivity contribution in [2.45, 2.75) is 33.2 Å². The van der Waals surface area contributed by atoms with E-state index in [1.807, 2.05) is 33.8 Å². The molecule has 1 aromatic carbocycles. The molecule has 0 saturated heterocycles. The summed E-state index contributed by atoms with van der Waals surface area (Å²) in [6.07, 6.45) is 1.71. The van der Waals surface area contributed by atoms with Crippen LogP contribution in [-0.4, -0.2) is 26.7 Å². The number of carbonyl (C=O) groups excluding carboxylic acids is 2. The predicted octanol–water partition coefficient (Wildman–Crippen LogP) is 4.08. The van der Waals surface area contributed by atoms with Crippen molar-refractivity contribution in [1.29, 1.82) is 0 Å². The summed E-state index contributed by atoms with van der Waals surface area (Å²) in [6.45, 7) is 7.54. The number of rotatable bonds is 3. The van der Waals surface area contributed by atoms with Gasteiger partial charge in [-0.3, -0.25) is 14.0 Å². The number of aromatic nitrogens is 2. The van der Waals surface area contributed by atoms with Crippen molar-refractivity contribution < 1.29 is 9.59 Å². The van der Waals surface area contributed by atoms with Gasteiger partial charge in [-0.15, -0.1) is 0 Å². The molecule has 2 heterocycles. The van der Waals surface area contributed by atoms with Crippen molar-refractivity contribution in [2.75, 3.05) is 5.32 Å². The third kappa shape index (κ3) is 4.11. The number of hydrogen-bond donors (Lipinski definition) is 2. The van der Waals surface area contributed by atoms with Crippen LogP contribution in [0.5, 0.6) is 0 Å². The molecule has 0 unspecified atom stereocenters. The first-order valence-corrected chi connectivity index (χ1v) is 8.90. The lowest BCUT2D eigenvalue weighted by molar-refractivity contribution is 0.0908. The van der Waals surface area contributed by atoms with Crippen molar-refractivity contribution in [2.24, 2.45) is 0 Å². The zero-order valence-electron chi connectivity index (χ0n) is 15.6. The number of anilines is 1. The molecule has 0 bridgehead atoms. The highest BCUT2D eigenvalue weighted by atomic mass is 35.5. The number of fused-ring (bicyclic) bond motifs is 1. The summed E-state index contributed by atoms with van der Waals surface area (Å²) in [5, 5.41) is 6.22. The Bertz CT molecular complexity index is 1030. The van der Waals surface area contributed by atoms with Crippen LogP contribution in [0.15, 0.2) is 42.6 Å². The average Bonchev–Trinajstić information content (AvgIpc) is 2.97. The van der Waals surface area contributed by atoms with E-state index >= 15 is 0 Å². The molecule has 140 valence electrons. The van der Waals surface area contributed by atoms with E-state index in [0.717, 1.165) is 5.56 Å². The number of imidazole rings is 1. The molecule has 0 spiro atoms. The van der Waals surface area contributed by atoms with Crippen molar-refractivity contribution in [3.05, 3.63) is 64.7 Å². The lowest BCUT2D eigenvalue weighted by Crippen LogP contribution is -2.41. The third-order valence-electron chi connectivity index (χ3n) is 3.88. The van der Waals surface area contributed by atoms with E-state index in [4.69, 9.17) is 11.6 Å². The highest BCUT2D eigenvalue weighted by molar-refractivity contribution is 6.31. The first kappa shape index (κ1) is 18.9. The lowest BCUT2D eigenvalue weighted by Gasteiger charge is -2.19. The molecule has 0 aliphatic heterocycles. The van der Waals surface area contributed by atoms with Gasteiger partial charge < -0.3 is 10.6 Å². The van der Waals surface area contributed by atoms with Crippen LogP contribution in [0, 0.1) is 6.92 Å². The topological polar surface area (TPSA) is 75.5 Å². The molecule has 27 heavy (non-hydrogen) atoms. The molecule has 3 aromatic rings. The second-order valence-corrected chi connectivity index (χ2v) is 7.77. The number of pyridine rings is 1. The Labute approximate surface area is 162 Å². The van der Waals surface area contributed by atoms with Gasteiger partial charge in [0.2, 0.25) is 5.82 Å². The Balaban J connectivity index is 1.98. The summed E-state index contributed by atoms with van der Waals surface area (Å²) in [7, 11) is 0. The first-order chi connectivity index (χ1) is 12.7. The van der Waals surface area contributed by atoms with E-state index in [0.29, 0.717) is 16.2 Å². The van der Waals surface area contributed by atoms with Gasteiger partial charge in [-0.1, -0.05) is 23.7 Å². The summed E-state index contributed by atoms with van der Waals surface area (Å²) < 4.78 is 1.61. The SMILES string of the molecule is Cc1ccc(NC(=O)c2nc(C(=O)NC(C)(C)C)n3ccccc23)cc1Cl. The Morgan fingerprint density at radius 1 is 1.11 bits per heavy atom. The van der Waals surface area contributed by atoms with Crippen LogP contribution in [-0.2, 0) is 0 Å². The van der Waals surface area contributed by atoms with Crippen LogP contribution in [0.4, 0.5) is 5.69 Å². The monoisotopic (exact) mass is 384 g/mol. The maximum absolute atomic E-state index is 12.8. The summed E-state index contributed by atoms with van der Waals surface area (Å²) in [5.74, 6) is -0.595. The number of carbonyl (C=O) groups is 2. The molecule has 2 amide bonds. The maximum atomic E-state index is 12.8. The van der Waals surface area contributed by atoms with Gasteiger partial charge in [0, 0.05) is 22.4 Å². The zero-order chi connectivity index (χ0) is 19.8. The van der Waals surface area contributed by atoms with Crippen molar-refractivity contribution in [3.63, 3.8) is 0 Å². The Kier molecular flexibility index (Phi) is 4.93. The summed E-state index contributed by atoms with van der Waals surface area (Å²) >= 11 is 6.12. The molecule has 0 aliphatic rings. The fourth-order valence-corrected chi connectivity index (χ4v) is 2.80. The van der Waals surface area contributed by atoms with Gasteiger partial charge in [0.1, 0.15) is 0 Å². The quantitative estimate of drug-likeness (QED) is 0.714. The molecule has 0 radical (unpaired) electrons. The molecule has 2 aromatic heterocycles. The number of nitrogens with zero attached hydrogens (tertiary/aromatic N) is 2. The van der Waals surface area contributed by atoms with Gasteiger partial charge in [-0.05, 0) is 57.5 Å². The zero-order valence-corrected chi connectivity index (χ0v) is 16.4. The van der Waals surface area contributed by atoms with E-state index in [2.05, 4.69) is 15.6 Å². The Hall–Kier alpha value is -2.86. The van der Waals surface area contributed by atoms with Crippen LogP contribution < -0.4 is 10.6 Å². The van der Waals surface area contributed by atoms with Crippen LogP contribution in [0.1, 0.15) is 47.4 Å². The smallest absolute Gasteiger partial charge is 0.288 e. The van der Waals surface area contributed by atoms with Crippen molar-refractivity contribution in [1.82, 2.24) is 14.7 Å². The van der Waals surface area contributed by atoms with Gasteiger partial charge >= 0.3 is 0 Å². The van der Waals surface area contributed by atoms with E-state index in [1.54, 1.807) is 40.9 Å². The first-order valence-electron chi connectivity index (χ1n) is 8.53. The predicted molar refractivity (Wildman–Crippen MR) is 107 cm³/mol. The second kappa shape index (κ2) is 7.04. The van der Waals surface area contributed by atoms with Crippen LogP contribution in [0.3, 0.4) is 0 Å². The standard InChI is InChI=1S/C20H21ClN4O2/c1-12-8-9-13(11-14(12)21)22-18(26)16-15-7-5-6-10-25(15)17(23-16)19(27)24-20(2,3)4/h5-11H,1-4H3,(H,22,26)(H,24,27). The highest BCUT2D eigenvalue weighted by Gasteiger charge is 2.24. The molecule has 0 saturated carbocycles. The molecular formula is C20H21ClN4O2. The summed E-state index contributed by atoms with van der Waals surface area (Å²) in [5.41, 5.74) is 1.79.